The molecule has 0 fully saturated rings. The van der Waals surface area contributed by atoms with Crippen LogP contribution in [0.3, 0.4) is 0 Å². The van der Waals surface area contributed by atoms with E-state index in [9.17, 15) is 25.2 Å². The lowest BCUT2D eigenvalue weighted by molar-refractivity contribution is -0.146. The number of dihydropyridines is 1. The monoisotopic (exact) mass is 396 g/mol. The predicted octanol–water partition coefficient (Wildman–Crippen LogP) is 1.29. The summed E-state index contributed by atoms with van der Waals surface area (Å²) in [5, 5.41) is 28.8. The number of hydrogen-bond donors (Lipinski definition) is 2. The summed E-state index contributed by atoms with van der Waals surface area (Å²) in [6, 6.07) is 8.26. The number of phenols is 1. The van der Waals surface area contributed by atoms with Gasteiger partial charge in [0, 0.05) is 0 Å². The molecule has 1 aromatic rings. The molecule has 0 aromatic heterocycles. The molecule has 3 unspecified atom stereocenters. The fourth-order valence-corrected chi connectivity index (χ4v) is 3.02. The summed E-state index contributed by atoms with van der Waals surface area (Å²) in [5.41, 5.74) is 6.44. The Labute approximate surface area is 167 Å². The van der Waals surface area contributed by atoms with E-state index in [1.807, 2.05) is 12.1 Å². The van der Waals surface area contributed by atoms with Crippen LogP contribution in [0, 0.1) is 34.5 Å². The maximum atomic E-state index is 12.8. The van der Waals surface area contributed by atoms with Crippen LogP contribution in [0.2, 0.25) is 0 Å². The lowest BCUT2D eigenvalue weighted by atomic mass is 9.79. The summed E-state index contributed by atoms with van der Waals surface area (Å²) in [5.74, 6) is -4.40. The molecule has 1 aliphatic heterocycles. The molecule has 0 bridgehead atoms. The van der Waals surface area contributed by atoms with Crippen molar-refractivity contribution in [1.82, 2.24) is 0 Å². The van der Waals surface area contributed by atoms with Gasteiger partial charge in [-0.25, -0.2) is 4.79 Å². The topological polar surface area (TPSA) is 159 Å². The molecule has 9 nitrogen and oxygen atoms in total. The van der Waals surface area contributed by atoms with Gasteiger partial charge in [-0.05, 0) is 37.1 Å². The summed E-state index contributed by atoms with van der Waals surface area (Å²) in [6.07, 6.45) is 0. The maximum absolute atomic E-state index is 12.8. The van der Waals surface area contributed by atoms with Crippen LogP contribution < -0.4 is 5.73 Å². The maximum Gasteiger partial charge on any atom is 0.336 e. The fourth-order valence-electron chi connectivity index (χ4n) is 3.02. The lowest BCUT2D eigenvalue weighted by Crippen LogP contribution is -2.40. The van der Waals surface area contributed by atoms with Gasteiger partial charge < -0.3 is 20.3 Å². The molecule has 1 aliphatic rings. The third-order valence-electron chi connectivity index (χ3n) is 4.26. The first-order chi connectivity index (χ1) is 13.9. The summed E-state index contributed by atoms with van der Waals surface area (Å²) in [7, 11) is 0. The first-order valence-corrected chi connectivity index (χ1v) is 8.89. The van der Waals surface area contributed by atoms with Crippen LogP contribution in [-0.2, 0) is 19.1 Å². The molecule has 9 heteroatoms. The number of hydrogen-bond acceptors (Lipinski definition) is 9. The molecule has 0 radical (unpaired) electrons. The van der Waals surface area contributed by atoms with Gasteiger partial charge in [-0.2, -0.15) is 10.5 Å². The number of aromatic hydroxyl groups is 1. The van der Waals surface area contributed by atoms with Crippen LogP contribution in [-0.4, -0.2) is 42.1 Å². The molecule has 1 heterocycles. The highest BCUT2D eigenvalue weighted by Gasteiger charge is 2.43. The van der Waals surface area contributed by atoms with Gasteiger partial charge in [0.15, 0.2) is 5.92 Å². The molecule has 1 aromatic carbocycles. The molecule has 2 rings (SSSR count). The van der Waals surface area contributed by atoms with Gasteiger partial charge in [-0.3, -0.25) is 9.79 Å². The highest BCUT2D eigenvalue weighted by atomic mass is 16.5. The molecule has 0 saturated heterocycles. The van der Waals surface area contributed by atoms with Crippen LogP contribution >= 0.6 is 0 Å². The van der Waals surface area contributed by atoms with Crippen molar-refractivity contribution < 1.29 is 24.2 Å². The standard InChI is InChI=1S/C20H20N4O5/c1-3-28-19(26)14(10-22)17-16(20(27)29-4-2)15(13(9-21)18(23)24-17)11-5-7-12(25)8-6-11/h5-8,13-14,17,25H,3-4H2,1-2H3,(H2,23,24). The molecule has 0 aliphatic carbocycles. The highest BCUT2D eigenvalue weighted by molar-refractivity contribution is 6.09. The minimum Gasteiger partial charge on any atom is -0.508 e. The van der Waals surface area contributed by atoms with Gasteiger partial charge >= 0.3 is 11.9 Å². The number of phenolic OH excluding ortho intramolecular Hbond substituents is 1. The second kappa shape index (κ2) is 9.38. The number of nitrogens with zero attached hydrogens (tertiary/aromatic N) is 3. The van der Waals surface area contributed by atoms with Gasteiger partial charge in [0.1, 0.15) is 23.5 Å². The second-order valence-corrected chi connectivity index (χ2v) is 6.01. The van der Waals surface area contributed by atoms with Crippen molar-refractivity contribution in [2.45, 2.75) is 19.9 Å². The minimum atomic E-state index is -1.46. The van der Waals surface area contributed by atoms with Gasteiger partial charge in [-0.15, -0.1) is 0 Å². The van der Waals surface area contributed by atoms with Crippen LogP contribution in [0.15, 0.2) is 34.8 Å². The number of esters is 2. The molecule has 150 valence electrons. The zero-order chi connectivity index (χ0) is 21.6. The first-order valence-electron chi connectivity index (χ1n) is 8.89. The van der Waals surface area contributed by atoms with Crippen LogP contribution in [0.1, 0.15) is 19.4 Å². The van der Waals surface area contributed by atoms with Crippen molar-refractivity contribution in [3.63, 3.8) is 0 Å². The average molecular weight is 396 g/mol. The number of benzene rings is 1. The van der Waals surface area contributed by atoms with E-state index < -0.39 is 29.8 Å². The van der Waals surface area contributed by atoms with Gasteiger partial charge in [-0.1, -0.05) is 12.1 Å². The number of ether oxygens (including phenoxy) is 2. The number of rotatable bonds is 6. The Morgan fingerprint density at radius 2 is 1.83 bits per heavy atom. The molecule has 0 amide bonds. The molecule has 0 spiro atoms. The van der Waals surface area contributed by atoms with Gasteiger partial charge in [0.05, 0.1) is 30.9 Å². The molecule has 3 N–H and O–H groups in total. The number of carbonyl (C=O) groups is 2. The summed E-state index contributed by atoms with van der Waals surface area (Å²) in [6.45, 7) is 3.25. The average Bonchev–Trinajstić information content (AvgIpc) is 2.69. The molecule has 3 atom stereocenters. The Kier molecular flexibility index (Phi) is 6.94. The summed E-state index contributed by atoms with van der Waals surface area (Å²) in [4.78, 5) is 29.3. The van der Waals surface area contributed by atoms with Crippen LogP contribution in [0.4, 0.5) is 0 Å². The van der Waals surface area contributed by atoms with Crippen molar-refractivity contribution in [2.24, 2.45) is 22.6 Å². The molecule has 0 saturated carbocycles. The first kappa shape index (κ1) is 21.5. The van der Waals surface area contributed by atoms with E-state index in [4.69, 9.17) is 15.2 Å². The SMILES string of the molecule is CCOC(=O)C1=C(c2ccc(O)cc2)C(C#N)C(N)=NC1C(C#N)C(=O)OCC. The quantitative estimate of drug-likeness (QED) is 0.680. The van der Waals surface area contributed by atoms with E-state index in [-0.39, 0.29) is 35.9 Å². The fraction of sp³-hybridized carbons (Fsp3) is 0.350. The predicted molar refractivity (Wildman–Crippen MR) is 102 cm³/mol. The number of carbonyl (C=O) groups excluding carboxylic acids is 2. The normalized spacial score (nSPS) is 19.4. The van der Waals surface area contributed by atoms with Crippen LogP contribution in [0.25, 0.3) is 5.57 Å². The zero-order valence-corrected chi connectivity index (χ0v) is 16.0. The highest BCUT2D eigenvalue weighted by Crippen LogP contribution is 2.37. The smallest absolute Gasteiger partial charge is 0.336 e. The zero-order valence-electron chi connectivity index (χ0n) is 16.0. The number of aliphatic imine (C=N–C) groups is 1. The Morgan fingerprint density at radius 1 is 1.21 bits per heavy atom. The van der Waals surface area contributed by atoms with E-state index in [1.165, 1.54) is 24.3 Å². The molecular weight excluding hydrogens is 376 g/mol. The Balaban J connectivity index is 2.77. The van der Waals surface area contributed by atoms with Crippen molar-refractivity contribution in [3.8, 4) is 17.9 Å². The van der Waals surface area contributed by atoms with E-state index in [1.54, 1.807) is 13.8 Å². The van der Waals surface area contributed by atoms with Crippen molar-refractivity contribution in [3.05, 3.63) is 35.4 Å². The largest absolute Gasteiger partial charge is 0.508 e. The molecular formula is C20H20N4O5. The third kappa shape index (κ3) is 4.36. The van der Waals surface area contributed by atoms with Crippen molar-refractivity contribution in [2.75, 3.05) is 13.2 Å². The third-order valence-corrected chi connectivity index (χ3v) is 4.26. The van der Waals surface area contributed by atoms with Gasteiger partial charge in [0.2, 0.25) is 0 Å². The van der Waals surface area contributed by atoms with Gasteiger partial charge in [0.25, 0.3) is 0 Å². The second-order valence-electron chi connectivity index (χ2n) is 6.01. The minimum absolute atomic E-state index is 0.0176. The number of nitrogens with two attached hydrogens (primary N) is 1. The molecule has 29 heavy (non-hydrogen) atoms. The van der Waals surface area contributed by atoms with E-state index in [2.05, 4.69) is 4.99 Å². The lowest BCUT2D eigenvalue weighted by Gasteiger charge is -2.29. The number of amidine groups is 1. The Morgan fingerprint density at radius 3 is 2.34 bits per heavy atom. The van der Waals surface area contributed by atoms with Crippen molar-refractivity contribution in [1.29, 1.82) is 10.5 Å². The van der Waals surface area contributed by atoms with E-state index >= 15 is 0 Å². The van der Waals surface area contributed by atoms with E-state index in [0.29, 0.717) is 5.56 Å². The summed E-state index contributed by atoms with van der Waals surface area (Å²) < 4.78 is 10.1. The Hall–Kier alpha value is -3.85. The summed E-state index contributed by atoms with van der Waals surface area (Å²) >= 11 is 0. The van der Waals surface area contributed by atoms with Crippen LogP contribution in [0.5, 0.6) is 5.75 Å². The number of nitriles is 2. The van der Waals surface area contributed by atoms with E-state index in [0.717, 1.165) is 0 Å². The van der Waals surface area contributed by atoms with Crippen molar-refractivity contribution >= 4 is 23.3 Å². The Bertz CT molecular complexity index is 937.